The van der Waals surface area contributed by atoms with Crippen LogP contribution in [0.2, 0.25) is 0 Å². The van der Waals surface area contributed by atoms with E-state index >= 15 is 0 Å². The lowest BCUT2D eigenvalue weighted by molar-refractivity contribution is -0.137. The first-order valence-electron chi connectivity index (χ1n) is 11.9. The van der Waals surface area contributed by atoms with E-state index in [4.69, 9.17) is 4.74 Å². The number of nitrogens with zero attached hydrogens (tertiary/aromatic N) is 2. The maximum atomic E-state index is 13.9. The zero-order valence-corrected chi connectivity index (χ0v) is 19.5. The summed E-state index contributed by atoms with van der Waals surface area (Å²) in [6.45, 7) is 3.96. The Morgan fingerprint density at radius 1 is 1.03 bits per heavy atom. The maximum Gasteiger partial charge on any atom is 0.416 e. The van der Waals surface area contributed by atoms with Gasteiger partial charge in [0.25, 0.3) is 0 Å². The Morgan fingerprint density at radius 2 is 1.74 bits per heavy atom. The summed E-state index contributed by atoms with van der Waals surface area (Å²) in [5.74, 6) is -0.436. The zero-order valence-electron chi connectivity index (χ0n) is 19.5. The molecule has 1 N–H and O–H groups in total. The van der Waals surface area contributed by atoms with E-state index in [1.54, 1.807) is 6.07 Å². The fourth-order valence-corrected chi connectivity index (χ4v) is 4.82. The number of morpholine rings is 1. The number of hydrogen-bond donors (Lipinski definition) is 1. The molecule has 0 spiro atoms. The van der Waals surface area contributed by atoms with Crippen LogP contribution in [0.25, 0.3) is 0 Å². The Kier molecular flexibility index (Phi) is 7.78. The van der Waals surface area contributed by atoms with Crippen molar-refractivity contribution < 1.29 is 32.2 Å². The van der Waals surface area contributed by atoms with E-state index in [-0.39, 0.29) is 17.2 Å². The van der Waals surface area contributed by atoms with E-state index in [1.807, 2.05) is 4.90 Å². The number of hydrogen-bond acceptors (Lipinski definition) is 5. The van der Waals surface area contributed by atoms with Gasteiger partial charge in [0.1, 0.15) is 5.82 Å². The smallest absolute Gasteiger partial charge is 0.385 e. The number of piperidine rings is 1. The van der Waals surface area contributed by atoms with Gasteiger partial charge in [0.15, 0.2) is 5.78 Å². The third-order valence-corrected chi connectivity index (χ3v) is 6.90. The van der Waals surface area contributed by atoms with Crippen molar-refractivity contribution in [2.75, 3.05) is 50.8 Å². The predicted octanol–water partition coefficient (Wildman–Crippen LogP) is 4.63. The van der Waals surface area contributed by atoms with Crippen molar-refractivity contribution in [3.8, 4) is 0 Å². The Morgan fingerprint density at radius 3 is 2.43 bits per heavy atom. The van der Waals surface area contributed by atoms with Crippen LogP contribution in [0.5, 0.6) is 0 Å². The highest BCUT2D eigenvalue weighted by atomic mass is 19.4. The molecule has 35 heavy (non-hydrogen) atoms. The molecule has 190 valence electrons. The lowest BCUT2D eigenvalue weighted by atomic mass is 9.83. The first kappa shape index (κ1) is 25.6. The number of rotatable bonds is 7. The maximum absolute atomic E-state index is 13.9. The van der Waals surface area contributed by atoms with Gasteiger partial charge in [-0.15, -0.1) is 0 Å². The minimum atomic E-state index is -4.45. The second kappa shape index (κ2) is 10.6. The average molecular weight is 495 g/mol. The molecule has 2 saturated heterocycles. The largest absolute Gasteiger partial charge is 0.416 e. The molecule has 0 saturated carbocycles. The molecule has 0 aromatic heterocycles. The summed E-state index contributed by atoms with van der Waals surface area (Å²) in [6.07, 6.45) is -2.91. The monoisotopic (exact) mass is 494 g/mol. The number of alkyl halides is 3. The number of carbonyl (C=O) groups excluding carboxylic acids is 1. The molecule has 0 amide bonds. The van der Waals surface area contributed by atoms with Crippen molar-refractivity contribution in [2.45, 2.75) is 37.5 Å². The summed E-state index contributed by atoms with van der Waals surface area (Å²) in [4.78, 5) is 17.0. The molecule has 2 aliphatic rings. The third kappa shape index (κ3) is 6.20. The SMILES string of the molecule is O=C(CCCN1CCC(O)(c2cccc(C(F)(F)F)c2)CC1)c1ccc(F)cc1N1CCOCC1. The van der Waals surface area contributed by atoms with Crippen LogP contribution in [0, 0.1) is 5.82 Å². The van der Waals surface area contributed by atoms with Crippen LogP contribution in [-0.2, 0) is 16.5 Å². The van der Waals surface area contributed by atoms with E-state index < -0.39 is 17.3 Å². The number of ether oxygens (including phenoxy) is 1. The number of anilines is 1. The van der Waals surface area contributed by atoms with E-state index in [0.717, 1.165) is 12.1 Å². The summed E-state index contributed by atoms with van der Waals surface area (Å²) in [6, 6.07) is 9.15. The Hall–Kier alpha value is -2.49. The zero-order chi connectivity index (χ0) is 25.1. The fourth-order valence-electron chi connectivity index (χ4n) is 4.82. The van der Waals surface area contributed by atoms with Crippen molar-refractivity contribution >= 4 is 11.5 Å². The van der Waals surface area contributed by atoms with Crippen LogP contribution in [0.4, 0.5) is 23.2 Å². The van der Waals surface area contributed by atoms with Crippen molar-refractivity contribution in [2.24, 2.45) is 0 Å². The lowest BCUT2D eigenvalue weighted by Gasteiger charge is -2.38. The summed E-state index contributed by atoms with van der Waals surface area (Å²) in [5.41, 5.74) is -0.668. The van der Waals surface area contributed by atoms with Crippen LogP contribution in [0.1, 0.15) is 47.2 Å². The number of Topliss-reactive ketones (excluding diaryl/α,β-unsaturated/α-hetero) is 1. The second-order valence-corrected chi connectivity index (χ2v) is 9.24. The Bertz CT molecular complexity index is 1030. The first-order valence-corrected chi connectivity index (χ1v) is 11.9. The third-order valence-electron chi connectivity index (χ3n) is 6.90. The molecule has 0 aliphatic carbocycles. The highest BCUT2D eigenvalue weighted by Crippen LogP contribution is 2.37. The van der Waals surface area contributed by atoms with Gasteiger partial charge in [0.05, 0.1) is 30.1 Å². The molecular weight excluding hydrogens is 464 g/mol. The molecule has 2 fully saturated rings. The normalized spacial score (nSPS) is 19.1. The van der Waals surface area contributed by atoms with Gasteiger partial charge in [0.2, 0.25) is 0 Å². The van der Waals surface area contributed by atoms with E-state index in [2.05, 4.69) is 4.90 Å². The summed E-state index contributed by atoms with van der Waals surface area (Å²) >= 11 is 0. The van der Waals surface area contributed by atoms with Gasteiger partial charge in [-0.25, -0.2) is 4.39 Å². The number of likely N-dealkylation sites (tertiary alicyclic amines) is 1. The molecule has 0 unspecified atom stereocenters. The first-order chi connectivity index (χ1) is 16.7. The van der Waals surface area contributed by atoms with Gasteiger partial charge < -0.3 is 19.6 Å². The quantitative estimate of drug-likeness (QED) is 0.450. The van der Waals surface area contributed by atoms with E-state index in [9.17, 15) is 27.5 Å². The van der Waals surface area contributed by atoms with Gasteiger partial charge in [-0.1, -0.05) is 12.1 Å². The van der Waals surface area contributed by atoms with Gasteiger partial charge >= 0.3 is 6.18 Å². The molecule has 9 heteroatoms. The molecule has 0 bridgehead atoms. The number of halogens is 4. The van der Waals surface area contributed by atoms with E-state index in [1.165, 1.54) is 24.3 Å². The van der Waals surface area contributed by atoms with Crippen molar-refractivity contribution in [1.29, 1.82) is 0 Å². The van der Waals surface area contributed by atoms with Crippen LogP contribution in [0.15, 0.2) is 42.5 Å². The van der Waals surface area contributed by atoms with Crippen LogP contribution < -0.4 is 4.90 Å². The van der Waals surface area contributed by atoms with E-state index in [0.29, 0.717) is 82.9 Å². The number of aliphatic hydroxyl groups is 1. The summed E-state index contributed by atoms with van der Waals surface area (Å²) in [5, 5.41) is 11.0. The molecule has 0 radical (unpaired) electrons. The minimum absolute atomic E-state index is 0.0519. The number of ketones is 1. The van der Waals surface area contributed by atoms with Crippen LogP contribution in [0.3, 0.4) is 0 Å². The van der Waals surface area contributed by atoms with Crippen molar-refractivity contribution in [3.05, 3.63) is 65.0 Å². The van der Waals surface area contributed by atoms with Gasteiger partial charge in [0, 0.05) is 38.2 Å². The molecule has 4 rings (SSSR count). The summed E-state index contributed by atoms with van der Waals surface area (Å²) in [7, 11) is 0. The highest BCUT2D eigenvalue weighted by Gasteiger charge is 2.37. The number of benzene rings is 2. The Balaban J connectivity index is 1.30. The topological polar surface area (TPSA) is 53.0 Å². The fraction of sp³-hybridized carbons (Fsp3) is 0.500. The molecule has 0 atom stereocenters. The number of carbonyl (C=O) groups is 1. The van der Waals surface area contributed by atoms with Gasteiger partial charge in [-0.3, -0.25) is 4.79 Å². The molecular formula is C26H30F4N2O3. The molecule has 5 nitrogen and oxygen atoms in total. The Labute approximate surface area is 202 Å². The molecule has 2 aromatic carbocycles. The summed E-state index contributed by atoms with van der Waals surface area (Å²) < 4.78 is 58.4. The second-order valence-electron chi connectivity index (χ2n) is 9.24. The minimum Gasteiger partial charge on any atom is -0.385 e. The lowest BCUT2D eigenvalue weighted by Crippen LogP contribution is -2.43. The molecule has 2 heterocycles. The van der Waals surface area contributed by atoms with Crippen LogP contribution >= 0.6 is 0 Å². The van der Waals surface area contributed by atoms with Crippen molar-refractivity contribution in [3.63, 3.8) is 0 Å². The predicted molar refractivity (Wildman–Crippen MR) is 124 cm³/mol. The average Bonchev–Trinajstić information content (AvgIpc) is 2.85. The highest BCUT2D eigenvalue weighted by molar-refractivity contribution is 6.01. The molecule has 2 aliphatic heterocycles. The van der Waals surface area contributed by atoms with Gasteiger partial charge in [-0.05, 0) is 61.7 Å². The van der Waals surface area contributed by atoms with Crippen LogP contribution in [-0.4, -0.2) is 61.7 Å². The standard InChI is InChI=1S/C26H30F4N2O3/c27-21-6-7-22(23(18-21)32-13-15-35-16-14-32)24(33)5-2-10-31-11-8-25(34,9-12-31)19-3-1-4-20(17-19)26(28,29)30/h1,3-4,6-7,17-18,34H,2,5,8-16H2. The molecule has 2 aromatic rings. The van der Waals surface area contributed by atoms with Gasteiger partial charge in [-0.2, -0.15) is 13.2 Å². The van der Waals surface area contributed by atoms with Crippen molar-refractivity contribution in [1.82, 2.24) is 4.90 Å².